The summed E-state index contributed by atoms with van der Waals surface area (Å²) in [6, 6.07) is 13.3. The van der Waals surface area contributed by atoms with Crippen molar-refractivity contribution in [2.75, 3.05) is 64.2 Å². The molecule has 2 N–H and O–H groups in total. The second-order valence-corrected chi connectivity index (χ2v) is 16.9. The maximum atomic E-state index is 12.5. The molecule has 5 heterocycles. The topological polar surface area (TPSA) is 139 Å². The first-order valence-corrected chi connectivity index (χ1v) is 21.5. The van der Waals surface area contributed by atoms with Crippen LogP contribution in [0.5, 0.6) is 0 Å². The molecule has 0 atom stereocenters. The van der Waals surface area contributed by atoms with E-state index >= 15 is 0 Å². The van der Waals surface area contributed by atoms with Crippen LogP contribution in [0.25, 0.3) is 5.00 Å². The number of anilines is 1. The van der Waals surface area contributed by atoms with Gasteiger partial charge in [-0.15, -0.1) is 21.5 Å². The number of nitrogens with one attached hydrogen (secondary N) is 2. The van der Waals surface area contributed by atoms with Crippen LogP contribution in [-0.4, -0.2) is 102 Å². The highest BCUT2D eigenvalue weighted by Gasteiger charge is 2.27. The van der Waals surface area contributed by atoms with Gasteiger partial charge in [-0.3, -0.25) is 24.2 Å². The third-order valence-electron chi connectivity index (χ3n) is 10.2. The van der Waals surface area contributed by atoms with Gasteiger partial charge in [0.1, 0.15) is 23.2 Å². The van der Waals surface area contributed by atoms with Crippen molar-refractivity contribution in [1.82, 2.24) is 30.3 Å². The number of amides is 2. The van der Waals surface area contributed by atoms with Crippen molar-refractivity contribution in [3.63, 3.8) is 0 Å². The molecule has 13 nitrogen and oxygen atoms in total. The summed E-state index contributed by atoms with van der Waals surface area (Å²) in [5.74, 6) is 2.83. The van der Waals surface area contributed by atoms with Gasteiger partial charge in [-0.05, 0) is 88.5 Å². The fourth-order valence-corrected chi connectivity index (χ4v) is 8.62. The van der Waals surface area contributed by atoms with Crippen molar-refractivity contribution in [3.8, 4) is 5.00 Å². The lowest BCUT2D eigenvalue weighted by molar-refractivity contribution is -0.121. The summed E-state index contributed by atoms with van der Waals surface area (Å²) < 4.78 is 13.2. The van der Waals surface area contributed by atoms with Gasteiger partial charge in [0, 0.05) is 60.4 Å². The number of halogens is 3. The monoisotopic (exact) mass is 869 g/mol. The molecule has 0 radical (unpaired) electrons. The molecular weight excluding hydrogens is 821 g/mol. The van der Waals surface area contributed by atoms with Gasteiger partial charge in [0.25, 0.3) is 0 Å². The summed E-state index contributed by atoms with van der Waals surface area (Å²) in [7, 11) is 0. The highest BCUT2D eigenvalue weighted by molar-refractivity contribution is 7.15. The second kappa shape index (κ2) is 20.9. The SMILES string of the molecule is CC(=O)NCCOCCOCCN1CCC(CC(=O)NC2=NN(c3ccc(Cl)c(Cl)c3)CC2)CC1.Cc1sc2c(c1C)C(c1ccc(Cl)cc1)=NCc1nnc(C)n1-2. The average Bonchev–Trinajstić information content (AvgIpc) is 3.87. The number of piperidine rings is 1. The molecule has 0 aliphatic carbocycles. The van der Waals surface area contributed by atoms with Crippen molar-refractivity contribution in [1.29, 1.82) is 0 Å². The van der Waals surface area contributed by atoms with E-state index in [0.29, 0.717) is 80.7 Å². The van der Waals surface area contributed by atoms with E-state index in [0.717, 1.165) is 71.1 Å². The number of ether oxygens (including phenoxy) is 2. The third kappa shape index (κ3) is 11.6. The maximum absolute atomic E-state index is 12.5. The van der Waals surface area contributed by atoms with E-state index in [1.165, 1.54) is 22.9 Å². The molecule has 310 valence electrons. The molecular formula is C41H50Cl3N9O4S. The number of aromatic nitrogens is 3. The van der Waals surface area contributed by atoms with Gasteiger partial charge in [0.15, 0.2) is 5.82 Å². The number of thiophene rings is 1. The van der Waals surface area contributed by atoms with E-state index < -0.39 is 0 Å². The minimum Gasteiger partial charge on any atom is -0.378 e. The van der Waals surface area contributed by atoms with Crippen LogP contribution >= 0.6 is 46.1 Å². The first kappa shape index (κ1) is 43.7. The third-order valence-corrected chi connectivity index (χ3v) is 12.4. The minimum atomic E-state index is -0.0508. The first-order chi connectivity index (χ1) is 28.0. The summed E-state index contributed by atoms with van der Waals surface area (Å²) in [5, 5.41) is 23.4. The van der Waals surface area contributed by atoms with Crippen LogP contribution in [0.4, 0.5) is 5.69 Å². The Kier molecular flexibility index (Phi) is 15.7. The van der Waals surface area contributed by atoms with E-state index in [2.05, 4.69) is 49.2 Å². The zero-order valence-corrected chi connectivity index (χ0v) is 36.4. The number of hydrazone groups is 1. The van der Waals surface area contributed by atoms with Crippen LogP contribution in [0.15, 0.2) is 52.6 Å². The second-order valence-electron chi connectivity index (χ2n) is 14.4. The predicted octanol–water partition coefficient (Wildman–Crippen LogP) is 7.16. The molecule has 2 amide bonds. The molecule has 0 spiro atoms. The van der Waals surface area contributed by atoms with Crippen LogP contribution < -0.4 is 15.6 Å². The average molecular weight is 871 g/mol. The number of nitrogens with zero attached hydrogens (tertiary/aromatic N) is 7. The fraction of sp³-hybridized carbons (Fsp3) is 0.463. The molecule has 17 heteroatoms. The number of aliphatic imine (C=N–C) groups is 1. The van der Waals surface area contributed by atoms with Gasteiger partial charge in [-0.25, -0.2) is 0 Å². The van der Waals surface area contributed by atoms with Crippen molar-refractivity contribution in [2.45, 2.75) is 59.9 Å². The van der Waals surface area contributed by atoms with Crippen LogP contribution in [0.2, 0.25) is 15.1 Å². The first-order valence-electron chi connectivity index (χ1n) is 19.5. The molecule has 0 bridgehead atoms. The predicted molar refractivity (Wildman–Crippen MR) is 232 cm³/mol. The molecule has 7 rings (SSSR count). The Balaban J connectivity index is 0.000000212. The number of carbonyl (C=O) groups excluding carboxylic acids is 2. The number of hydrogen-bond donors (Lipinski definition) is 2. The summed E-state index contributed by atoms with van der Waals surface area (Å²) in [5.41, 5.74) is 5.38. The molecule has 3 aliphatic rings. The lowest BCUT2D eigenvalue weighted by Crippen LogP contribution is -2.38. The molecule has 0 unspecified atom stereocenters. The molecule has 2 aromatic carbocycles. The summed E-state index contributed by atoms with van der Waals surface area (Å²) >= 11 is 19.9. The highest BCUT2D eigenvalue weighted by Crippen LogP contribution is 2.36. The van der Waals surface area contributed by atoms with Crippen molar-refractivity contribution in [3.05, 3.63) is 90.7 Å². The molecule has 2 aromatic heterocycles. The Bertz CT molecular complexity index is 2110. The summed E-state index contributed by atoms with van der Waals surface area (Å²) in [4.78, 5) is 31.8. The van der Waals surface area contributed by atoms with Gasteiger partial charge in [0.2, 0.25) is 11.8 Å². The quantitative estimate of drug-likeness (QED) is 0.135. The largest absolute Gasteiger partial charge is 0.378 e. The molecule has 3 aliphatic heterocycles. The lowest BCUT2D eigenvalue weighted by atomic mass is 9.93. The smallest absolute Gasteiger partial charge is 0.225 e. The molecule has 58 heavy (non-hydrogen) atoms. The zero-order chi connectivity index (χ0) is 41.2. The zero-order valence-electron chi connectivity index (χ0n) is 33.3. The number of hydrogen-bond acceptors (Lipinski definition) is 11. The summed E-state index contributed by atoms with van der Waals surface area (Å²) in [6.45, 7) is 14.6. The van der Waals surface area contributed by atoms with Gasteiger partial charge in [0.05, 0.1) is 47.9 Å². The van der Waals surface area contributed by atoms with E-state index in [4.69, 9.17) is 49.3 Å². The van der Waals surface area contributed by atoms with E-state index in [9.17, 15) is 9.59 Å². The molecule has 4 aromatic rings. The van der Waals surface area contributed by atoms with Crippen LogP contribution in [0, 0.1) is 26.7 Å². The normalized spacial score (nSPS) is 15.5. The molecule has 0 saturated carbocycles. The fourth-order valence-electron chi connectivity index (χ4n) is 6.97. The standard InChI is InChI=1S/C24H35Cl2N5O4.C17H15ClN4S/c1-18(32)27-7-12-34-14-15-35-13-11-30-8-4-19(5-9-30)16-24(33)28-23-6-10-31(29-23)20-2-3-21(25)22(26)17-20;1-9-10(2)23-17-15(9)16(12-4-6-13(18)7-5-12)19-8-14-21-20-11(3)22(14)17/h2-3,17,19H,4-16H2,1H3,(H,27,32)(H,28,29,33);4-7H,8H2,1-3H3. The molecule has 1 saturated heterocycles. The number of carbonyl (C=O) groups is 2. The van der Waals surface area contributed by atoms with E-state index in [-0.39, 0.29) is 11.8 Å². The van der Waals surface area contributed by atoms with Gasteiger partial charge >= 0.3 is 0 Å². The number of likely N-dealkylation sites (tertiary alicyclic amines) is 1. The van der Waals surface area contributed by atoms with Gasteiger partial charge < -0.3 is 25.0 Å². The Morgan fingerprint density at radius 2 is 1.66 bits per heavy atom. The number of fused-ring (bicyclic) bond motifs is 3. The van der Waals surface area contributed by atoms with E-state index in [1.807, 2.05) is 42.3 Å². The number of amidine groups is 1. The lowest BCUT2D eigenvalue weighted by Gasteiger charge is -2.31. The van der Waals surface area contributed by atoms with E-state index in [1.54, 1.807) is 23.5 Å². The Hall–Kier alpha value is -3.89. The Labute approximate surface area is 358 Å². The number of aryl methyl sites for hydroxylation is 2. The van der Waals surface area contributed by atoms with Crippen LogP contribution in [0.3, 0.4) is 0 Å². The molecule has 1 fully saturated rings. The van der Waals surface area contributed by atoms with Gasteiger partial charge in [-0.2, -0.15) is 5.10 Å². The Morgan fingerprint density at radius 3 is 2.38 bits per heavy atom. The van der Waals surface area contributed by atoms with Gasteiger partial charge in [-0.1, -0.05) is 46.9 Å². The van der Waals surface area contributed by atoms with Crippen molar-refractivity contribution in [2.24, 2.45) is 16.0 Å². The van der Waals surface area contributed by atoms with Crippen molar-refractivity contribution >= 4 is 75.2 Å². The summed E-state index contributed by atoms with van der Waals surface area (Å²) in [6.07, 6.45) is 3.21. The maximum Gasteiger partial charge on any atom is 0.225 e. The van der Waals surface area contributed by atoms with Crippen LogP contribution in [-0.2, 0) is 25.6 Å². The minimum absolute atomic E-state index is 0.0278. The Morgan fingerprint density at radius 1 is 0.914 bits per heavy atom. The number of rotatable bonds is 13. The van der Waals surface area contributed by atoms with Crippen LogP contribution in [0.1, 0.15) is 65.8 Å². The van der Waals surface area contributed by atoms with Crippen molar-refractivity contribution < 1.29 is 19.1 Å². The number of benzene rings is 2. The highest BCUT2D eigenvalue weighted by atomic mass is 35.5.